The van der Waals surface area contributed by atoms with Gasteiger partial charge in [-0.15, -0.1) is 0 Å². The molecule has 2 amide bonds. The van der Waals surface area contributed by atoms with Crippen molar-refractivity contribution < 1.29 is 24.2 Å². The molecule has 0 saturated carbocycles. The van der Waals surface area contributed by atoms with Gasteiger partial charge >= 0.3 is 12.0 Å². The molecule has 17 heavy (non-hydrogen) atoms. The van der Waals surface area contributed by atoms with Crippen molar-refractivity contribution in [3.05, 3.63) is 0 Å². The van der Waals surface area contributed by atoms with Crippen LogP contribution < -0.4 is 5.32 Å². The number of hydrogen-bond acceptors (Lipinski definition) is 4. The van der Waals surface area contributed by atoms with Crippen molar-refractivity contribution >= 4 is 12.0 Å². The topological polar surface area (TPSA) is 88.1 Å². The highest BCUT2D eigenvalue weighted by Gasteiger charge is 2.25. The summed E-state index contributed by atoms with van der Waals surface area (Å²) in [6, 6.07) is -0.293. The quantitative estimate of drug-likeness (QED) is 0.699. The van der Waals surface area contributed by atoms with E-state index in [1.165, 1.54) is 7.11 Å². The van der Waals surface area contributed by atoms with Gasteiger partial charge in [0.25, 0.3) is 0 Å². The second-order valence-corrected chi connectivity index (χ2v) is 3.87. The highest BCUT2D eigenvalue weighted by Crippen LogP contribution is 2.05. The molecule has 0 aliphatic carbocycles. The Morgan fingerprint density at radius 1 is 1.65 bits per heavy atom. The first-order valence-corrected chi connectivity index (χ1v) is 5.44. The number of carboxylic acid groups (broad SMARTS) is 1. The van der Waals surface area contributed by atoms with Gasteiger partial charge in [-0.25, -0.2) is 9.59 Å². The van der Waals surface area contributed by atoms with Crippen LogP contribution in [0.25, 0.3) is 0 Å². The lowest BCUT2D eigenvalue weighted by Gasteiger charge is -2.33. The second-order valence-electron chi connectivity index (χ2n) is 3.87. The number of carbonyl (C=O) groups is 2. The van der Waals surface area contributed by atoms with Gasteiger partial charge in [0.05, 0.1) is 25.8 Å². The van der Waals surface area contributed by atoms with E-state index in [0.717, 1.165) is 0 Å². The van der Waals surface area contributed by atoms with Gasteiger partial charge in [-0.1, -0.05) is 0 Å². The van der Waals surface area contributed by atoms with Crippen LogP contribution in [0.4, 0.5) is 4.79 Å². The van der Waals surface area contributed by atoms with Crippen molar-refractivity contribution in [1.29, 1.82) is 0 Å². The van der Waals surface area contributed by atoms with Crippen LogP contribution >= 0.6 is 0 Å². The van der Waals surface area contributed by atoms with E-state index in [-0.39, 0.29) is 18.6 Å². The molecule has 1 aliphatic heterocycles. The van der Waals surface area contributed by atoms with Gasteiger partial charge in [0.1, 0.15) is 0 Å². The smallest absolute Gasteiger partial charge is 0.334 e. The molecule has 0 aromatic carbocycles. The predicted molar refractivity (Wildman–Crippen MR) is 58.8 cm³/mol. The van der Waals surface area contributed by atoms with Crippen molar-refractivity contribution in [2.75, 3.05) is 33.4 Å². The molecule has 1 aliphatic rings. The zero-order valence-electron chi connectivity index (χ0n) is 10.0. The Balaban J connectivity index is 2.40. The van der Waals surface area contributed by atoms with Crippen LogP contribution in [0.15, 0.2) is 0 Å². The average molecular weight is 246 g/mol. The number of aliphatic carboxylic acids is 1. The summed E-state index contributed by atoms with van der Waals surface area (Å²) in [7, 11) is 1.29. The van der Waals surface area contributed by atoms with Crippen LogP contribution in [0.5, 0.6) is 0 Å². The van der Waals surface area contributed by atoms with Gasteiger partial charge in [0.15, 0.2) is 6.10 Å². The number of nitrogens with zero attached hydrogens (tertiary/aromatic N) is 1. The molecule has 2 atom stereocenters. The molecular weight excluding hydrogens is 228 g/mol. The van der Waals surface area contributed by atoms with Crippen molar-refractivity contribution in [2.24, 2.45) is 0 Å². The summed E-state index contributed by atoms with van der Waals surface area (Å²) in [4.78, 5) is 24.1. The fourth-order valence-electron chi connectivity index (χ4n) is 1.58. The number of carboxylic acids is 1. The molecule has 1 fully saturated rings. The van der Waals surface area contributed by atoms with Crippen molar-refractivity contribution in [1.82, 2.24) is 10.2 Å². The van der Waals surface area contributed by atoms with Crippen LogP contribution in [0.3, 0.4) is 0 Å². The first-order chi connectivity index (χ1) is 8.06. The Morgan fingerprint density at radius 2 is 2.35 bits per heavy atom. The van der Waals surface area contributed by atoms with Crippen molar-refractivity contribution in [2.45, 2.75) is 19.1 Å². The van der Waals surface area contributed by atoms with Gasteiger partial charge in [-0.2, -0.15) is 0 Å². The number of amides is 2. The minimum atomic E-state index is -1.09. The maximum absolute atomic E-state index is 11.8. The van der Waals surface area contributed by atoms with E-state index in [0.29, 0.717) is 19.8 Å². The Hall–Kier alpha value is -1.34. The van der Waals surface area contributed by atoms with Crippen LogP contribution in [-0.4, -0.2) is 67.6 Å². The van der Waals surface area contributed by atoms with Crippen LogP contribution in [-0.2, 0) is 14.3 Å². The highest BCUT2D eigenvalue weighted by atomic mass is 16.5. The minimum Gasteiger partial charge on any atom is -0.479 e. The average Bonchev–Trinajstić information content (AvgIpc) is 2.29. The van der Waals surface area contributed by atoms with Crippen LogP contribution in [0, 0.1) is 0 Å². The molecule has 1 heterocycles. The van der Waals surface area contributed by atoms with E-state index >= 15 is 0 Å². The fraction of sp³-hybridized carbons (Fsp3) is 0.800. The Morgan fingerprint density at radius 3 is 2.88 bits per heavy atom. The Kier molecular flexibility index (Phi) is 5.17. The molecule has 7 heteroatoms. The monoisotopic (exact) mass is 246 g/mol. The summed E-state index contributed by atoms with van der Waals surface area (Å²) in [6.07, 6.45) is -1.02. The zero-order chi connectivity index (χ0) is 12.8. The number of carbonyl (C=O) groups excluding carboxylic acids is 1. The summed E-state index contributed by atoms with van der Waals surface area (Å²) in [6.45, 7) is 3.35. The van der Waals surface area contributed by atoms with E-state index in [1.807, 2.05) is 6.92 Å². The first kappa shape index (κ1) is 13.7. The predicted octanol–water partition coefficient (Wildman–Crippen LogP) is -0.484. The number of ether oxygens (including phenoxy) is 2. The maximum Gasteiger partial charge on any atom is 0.334 e. The van der Waals surface area contributed by atoms with E-state index < -0.39 is 12.1 Å². The van der Waals surface area contributed by atoms with Gasteiger partial charge < -0.3 is 24.8 Å². The third-order valence-corrected chi connectivity index (χ3v) is 2.63. The van der Waals surface area contributed by atoms with Crippen LogP contribution in [0.2, 0.25) is 0 Å². The van der Waals surface area contributed by atoms with Crippen molar-refractivity contribution in [3.63, 3.8) is 0 Å². The number of methoxy groups -OCH3 is 1. The van der Waals surface area contributed by atoms with Gasteiger partial charge in [-0.05, 0) is 6.92 Å². The summed E-state index contributed by atoms with van der Waals surface area (Å²) in [5.74, 6) is -1.09. The molecular formula is C10H18N2O5. The normalized spacial score (nSPS) is 22.0. The molecule has 1 saturated heterocycles. The van der Waals surface area contributed by atoms with Gasteiger partial charge in [-0.3, -0.25) is 0 Å². The van der Waals surface area contributed by atoms with Gasteiger partial charge in [0, 0.05) is 13.7 Å². The summed E-state index contributed by atoms with van der Waals surface area (Å²) < 4.78 is 9.93. The number of rotatable bonds is 4. The lowest BCUT2D eigenvalue weighted by atomic mass is 10.3. The Labute approximate surface area is 99.7 Å². The van der Waals surface area contributed by atoms with E-state index in [4.69, 9.17) is 14.6 Å². The number of nitrogens with one attached hydrogen (secondary N) is 1. The lowest BCUT2D eigenvalue weighted by Crippen LogP contribution is -2.52. The molecule has 2 unspecified atom stereocenters. The third kappa shape index (κ3) is 3.86. The minimum absolute atomic E-state index is 0.00503. The van der Waals surface area contributed by atoms with E-state index in [1.54, 1.807) is 4.90 Å². The lowest BCUT2D eigenvalue weighted by molar-refractivity contribution is -0.148. The molecule has 2 N–H and O–H groups in total. The fourth-order valence-corrected chi connectivity index (χ4v) is 1.58. The third-order valence-electron chi connectivity index (χ3n) is 2.63. The standard InChI is InChI=1S/C10H18N2O5/c1-7-6-17-4-3-12(7)10(15)11-5-8(16-2)9(13)14/h7-8H,3-6H2,1-2H3,(H,11,15)(H,13,14). The molecule has 0 bridgehead atoms. The first-order valence-electron chi connectivity index (χ1n) is 5.44. The molecule has 1 rings (SSSR count). The van der Waals surface area contributed by atoms with E-state index in [9.17, 15) is 9.59 Å². The molecule has 7 nitrogen and oxygen atoms in total. The molecule has 98 valence electrons. The zero-order valence-corrected chi connectivity index (χ0v) is 10.0. The molecule has 0 aromatic rings. The summed E-state index contributed by atoms with van der Waals surface area (Å²) >= 11 is 0. The molecule has 0 radical (unpaired) electrons. The van der Waals surface area contributed by atoms with Gasteiger partial charge in [0.2, 0.25) is 0 Å². The summed E-state index contributed by atoms with van der Waals surface area (Å²) in [5.41, 5.74) is 0. The number of urea groups is 1. The number of hydrogen-bond donors (Lipinski definition) is 2. The van der Waals surface area contributed by atoms with Crippen molar-refractivity contribution in [3.8, 4) is 0 Å². The second kappa shape index (κ2) is 6.41. The van der Waals surface area contributed by atoms with E-state index in [2.05, 4.69) is 5.32 Å². The Bertz CT molecular complexity index is 284. The largest absolute Gasteiger partial charge is 0.479 e. The number of morpholine rings is 1. The summed E-state index contributed by atoms with van der Waals surface area (Å²) in [5, 5.41) is 11.3. The molecule has 0 aromatic heterocycles. The SMILES string of the molecule is COC(CNC(=O)N1CCOCC1C)C(=O)O. The van der Waals surface area contributed by atoms with Crippen LogP contribution in [0.1, 0.15) is 6.92 Å². The molecule has 0 spiro atoms. The highest BCUT2D eigenvalue weighted by molar-refractivity contribution is 5.77. The maximum atomic E-state index is 11.8.